The van der Waals surface area contributed by atoms with Crippen molar-refractivity contribution < 1.29 is 8.60 Å². The summed E-state index contributed by atoms with van der Waals surface area (Å²) in [4.78, 5) is 4.13. The first-order valence-corrected chi connectivity index (χ1v) is 7.50. The number of halogens is 2. The van der Waals surface area contributed by atoms with Crippen LogP contribution in [0.1, 0.15) is 6.42 Å². The zero-order chi connectivity index (χ0) is 13.3. The van der Waals surface area contributed by atoms with Gasteiger partial charge in [-0.2, -0.15) is 0 Å². The summed E-state index contributed by atoms with van der Waals surface area (Å²) >= 11 is 5.69. The third kappa shape index (κ3) is 2.64. The van der Waals surface area contributed by atoms with Crippen LogP contribution in [0, 0.1) is 5.82 Å². The molecule has 2 N–H and O–H groups in total. The molecule has 0 aliphatic rings. The Bertz CT molecular complexity index is 614. The fraction of sp³-hybridized carbons (Fsp3) is 0.364. The number of benzene rings is 1. The van der Waals surface area contributed by atoms with E-state index in [1.807, 2.05) is 0 Å². The lowest BCUT2D eigenvalue weighted by Crippen LogP contribution is -2.06. The molecule has 0 aliphatic heterocycles. The van der Waals surface area contributed by atoms with E-state index in [4.69, 9.17) is 17.3 Å². The first kappa shape index (κ1) is 13.3. The summed E-state index contributed by atoms with van der Waals surface area (Å²) in [7, 11) is -0.845. The van der Waals surface area contributed by atoms with Crippen LogP contribution in [-0.4, -0.2) is 25.8 Å². The zero-order valence-electron chi connectivity index (χ0n) is 9.82. The molecule has 7 heteroatoms. The summed E-state index contributed by atoms with van der Waals surface area (Å²) in [5.41, 5.74) is 6.95. The van der Waals surface area contributed by atoms with Gasteiger partial charge in [0.15, 0.2) is 0 Å². The first-order valence-electron chi connectivity index (χ1n) is 5.40. The van der Waals surface area contributed by atoms with Crippen molar-refractivity contribution in [2.75, 3.05) is 17.7 Å². The van der Waals surface area contributed by atoms with Gasteiger partial charge in [0.2, 0.25) is 5.95 Å². The molecule has 2 rings (SSSR count). The molecule has 0 bridgehead atoms. The van der Waals surface area contributed by atoms with Gasteiger partial charge >= 0.3 is 0 Å². The van der Waals surface area contributed by atoms with Gasteiger partial charge in [0.25, 0.3) is 0 Å². The Morgan fingerprint density at radius 2 is 2.28 bits per heavy atom. The average Bonchev–Trinajstić information content (AvgIpc) is 2.56. The number of imidazole rings is 1. The van der Waals surface area contributed by atoms with Crippen LogP contribution in [0.25, 0.3) is 11.0 Å². The molecule has 1 heterocycles. The molecule has 0 saturated heterocycles. The van der Waals surface area contributed by atoms with Gasteiger partial charge in [-0.15, -0.1) is 0 Å². The number of fused-ring (bicyclic) bond motifs is 1. The number of nitrogens with zero attached hydrogens (tertiary/aromatic N) is 2. The molecule has 1 unspecified atom stereocenters. The number of hydrogen-bond acceptors (Lipinski definition) is 3. The van der Waals surface area contributed by atoms with Crippen molar-refractivity contribution in [3.05, 3.63) is 23.0 Å². The maximum atomic E-state index is 13.4. The van der Waals surface area contributed by atoms with Crippen LogP contribution < -0.4 is 5.73 Å². The molecule has 1 aromatic heterocycles. The lowest BCUT2D eigenvalue weighted by atomic mass is 10.3. The van der Waals surface area contributed by atoms with Gasteiger partial charge in [0.05, 0.1) is 16.1 Å². The van der Waals surface area contributed by atoms with E-state index in [1.165, 1.54) is 12.1 Å². The van der Waals surface area contributed by atoms with E-state index in [9.17, 15) is 8.60 Å². The molecule has 0 spiro atoms. The largest absolute Gasteiger partial charge is 0.369 e. The SMILES string of the molecule is CS(=O)CCCn1c(N)nc2cc(Cl)c(F)cc21. The second-order valence-corrected chi connectivity index (χ2v) is 5.97. The van der Waals surface area contributed by atoms with Gasteiger partial charge in [-0.1, -0.05) is 11.6 Å². The Labute approximate surface area is 111 Å². The van der Waals surface area contributed by atoms with Crippen LogP contribution >= 0.6 is 11.6 Å². The molecule has 1 aromatic carbocycles. The molecule has 2 aromatic rings. The number of aryl methyl sites for hydroxylation is 1. The Kier molecular flexibility index (Phi) is 3.87. The Hall–Kier alpha value is -1.14. The predicted molar refractivity (Wildman–Crippen MR) is 72.7 cm³/mol. The van der Waals surface area contributed by atoms with E-state index < -0.39 is 16.6 Å². The number of anilines is 1. The van der Waals surface area contributed by atoms with Crippen LogP contribution in [0.2, 0.25) is 5.02 Å². The van der Waals surface area contributed by atoms with E-state index >= 15 is 0 Å². The van der Waals surface area contributed by atoms with Gasteiger partial charge in [-0.05, 0) is 12.5 Å². The highest BCUT2D eigenvalue weighted by atomic mass is 35.5. The topological polar surface area (TPSA) is 60.9 Å². The normalized spacial score (nSPS) is 13.1. The summed E-state index contributed by atoms with van der Waals surface area (Å²) in [5.74, 6) is 0.396. The Morgan fingerprint density at radius 3 is 2.94 bits per heavy atom. The van der Waals surface area contributed by atoms with E-state index in [2.05, 4.69) is 4.98 Å². The highest BCUT2D eigenvalue weighted by Crippen LogP contribution is 2.24. The lowest BCUT2D eigenvalue weighted by Gasteiger charge is -2.05. The summed E-state index contributed by atoms with van der Waals surface area (Å²) in [6, 6.07) is 2.78. The third-order valence-corrected chi connectivity index (χ3v) is 3.79. The molecule has 0 aliphatic carbocycles. The van der Waals surface area contributed by atoms with Gasteiger partial charge in [0, 0.05) is 35.4 Å². The molecule has 0 amide bonds. The van der Waals surface area contributed by atoms with Crippen LogP contribution in [0.4, 0.5) is 10.3 Å². The molecule has 0 saturated carbocycles. The van der Waals surface area contributed by atoms with Crippen LogP contribution in [-0.2, 0) is 17.3 Å². The van der Waals surface area contributed by atoms with Crippen molar-refractivity contribution in [2.45, 2.75) is 13.0 Å². The number of hydrogen-bond donors (Lipinski definition) is 1. The summed E-state index contributed by atoms with van der Waals surface area (Å²) in [6.07, 6.45) is 2.35. The summed E-state index contributed by atoms with van der Waals surface area (Å²) in [5, 5.41) is 0.0295. The van der Waals surface area contributed by atoms with Gasteiger partial charge in [-0.25, -0.2) is 9.37 Å². The molecule has 98 valence electrons. The van der Waals surface area contributed by atoms with Crippen LogP contribution in [0.15, 0.2) is 12.1 Å². The van der Waals surface area contributed by atoms with Gasteiger partial charge in [0.1, 0.15) is 5.82 Å². The monoisotopic (exact) mass is 289 g/mol. The predicted octanol–water partition coefficient (Wildman–Crippen LogP) is 2.18. The van der Waals surface area contributed by atoms with E-state index in [1.54, 1.807) is 10.8 Å². The number of nitrogen functional groups attached to an aromatic ring is 1. The minimum Gasteiger partial charge on any atom is -0.369 e. The Balaban J connectivity index is 2.34. The minimum absolute atomic E-state index is 0.0295. The fourth-order valence-corrected chi connectivity index (χ4v) is 2.49. The fourth-order valence-electron chi connectivity index (χ4n) is 1.80. The Morgan fingerprint density at radius 1 is 1.56 bits per heavy atom. The molecule has 4 nitrogen and oxygen atoms in total. The van der Waals surface area contributed by atoms with Crippen molar-refractivity contribution in [3.63, 3.8) is 0 Å². The van der Waals surface area contributed by atoms with Crippen molar-refractivity contribution in [1.29, 1.82) is 0 Å². The quantitative estimate of drug-likeness (QED) is 0.938. The number of rotatable bonds is 4. The van der Waals surface area contributed by atoms with Crippen molar-refractivity contribution >= 4 is 39.4 Å². The highest BCUT2D eigenvalue weighted by molar-refractivity contribution is 7.84. The summed E-state index contributed by atoms with van der Waals surface area (Å²) in [6.45, 7) is 0.559. The van der Waals surface area contributed by atoms with Crippen LogP contribution in [0.5, 0.6) is 0 Å². The average molecular weight is 290 g/mol. The highest BCUT2D eigenvalue weighted by Gasteiger charge is 2.11. The first-order chi connectivity index (χ1) is 8.49. The standard InChI is InChI=1S/C11H13ClFN3OS/c1-18(17)4-2-3-16-10-6-8(13)7(12)5-9(10)15-11(16)14/h5-6H,2-4H2,1H3,(H2,14,15). The number of aromatic nitrogens is 2. The minimum atomic E-state index is -0.845. The second-order valence-electron chi connectivity index (χ2n) is 4.01. The maximum Gasteiger partial charge on any atom is 0.201 e. The van der Waals surface area contributed by atoms with Crippen molar-refractivity contribution in [1.82, 2.24) is 9.55 Å². The molecule has 0 fully saturated rings. The molecular weight excluding hydrogens is 277 g/mol. The molecule has 18 heavy (non-hydrogen) atoms. The third-order valence-electron chi connectivity index (χ3n) is 2.63. The smallest absolute Gasteiger partial charge is 0.201 e. The van der Waals surface area contributed by atoms with Crippen molar-refractivity contribution in [3.8, 4) is 0 Å². The molecule has 1 atom stereocenters. The zero-order valence-corrected chi connectivity index (χ0v) is 11.4. The lowest BCUT2D eigenvalue weighted by molar-refractivity contribution is 0.627. The van der Waals surface area contributed by atoms with E-state index in [-0.39, 0.29) is 5.02 Å². The van der Waals surface area contributed by atoms with Crippen molar-refractivity contribution in [2.24, 2.45) is 0 Å². The van der Waals surface area contributed by atoms with Gasteiger partial charge in [-0.3, -0.25) is 4.21 Å². The van der Waals surface area contributed by atoms with E-state index in [0.29, 0.717) is 35.7 Å². The van der Waals surface area contributed by atoms with Gasteiger partial charge < -0.3 is 10.3 Å². The summed E-state index contributed by atoms with van der Waals surface area (Å²) < 4.78 is 26.1. The maximum absolute atomic E-state index is 13.4. The molecule has 0 radical (unpaired) electrons. The number of nitrogens with two attached hydrogens (primary N) is 1. The van der Waals surface area contributed by atoms with E-state index in [0.717, 1.165) is 0 Å². The second kappa shape index (κ2) is 5.24. The van der Waals surface area contributed by atoms with Crippen LogP contribution in [0.3, 0.4) is 0 Å². The molecular formula is C11H13ClFN3OS.